The number of hydrogen-bond acceptors (Lipinski definition) is 5. The quantitative estimate of drug-likeness (QED) is 0.774. The van der Waals surface area contributed by atoms with Crippen molar-refractivity contribution in [1.82, 2.24) is 29.8 Å². The van der Waals surface area contributed by atoms with Crippen LogP contribution in [-0.4, -0.2) is 42.3 Å². The van der Waals surface area contributed by atoms with Gasteiger partial charge in [0.05, 0.1) is 12.0 Å². The molecule has 1 atom stereocenters. The lowest BCUT2D eigenvalue weighted by Gasteiger charge is -2.35. The highest BCUT2D eigenvalue weighted by Gasteiger charge is 2.35. The van der Waals surface area contributed by atoms with Crippen molar-refractivity contribution in [2.45, 2.75) is 26.3 Å². The first-order chi connectivity index (χ1) is 12.1. The van der Waals surface area contributed by atoms with Gasteiger partial charge in [-0.25, -0.2) is 15.0 Å². The van der Waals surface area contributed by atoms with Crippen molar-refractivity contribution < 1.29 is 4.79 Å². The molecular weight excluding hydrogens is 316 g/mol. The van der Waals surface area contributed by atoms with Gasteiger partial charge in [-0.1, -0.05) is 0 Å². The molecule has 4 heterocycles. The van der Waals surface area contributed by atoms with Crippen molar-refractivity contribution in [2.24, 2.45) is 0 Å². The number of pyridine rings is 1. The third kappa shape index (κ3) is 2.77. The summed E-state index contributed by atoms with van der Waals surface area (Å²) in [5.41, 5.74) is 4.14. The number of imidazole rings is 1. The Kier molecular flexibility index (Phi) is 3.76. The molecule has 4 rings (SSSR count). The maximum atomic E-state index is 13.2. The molecule has 3 aromatic heterocycles. The maximum absolute atomic E-state index is 13.2. The third-order valence-corrected chi connectivity index (χ3v) is 4.39. The number of nitrogens with one attached hydrogen (secondary N) is 1. The summed E-state index contributed by atoms with van der Waals surface area (Å²) in [5, 5.41) is 0. The fourth-order valence-electron chi connectivity index (χ4n) is 3.35. The summed E-state index contributed by atoms with van der Waals surface area (Å²) in [6.45, 7) is 4.27. The number of aromatic amines is 1. The van der Waals surface area contributed by atoms with E-state index in [9.17, 15) is 4.79 Å². The number of carbonyl (C=O) groups is 1. The first kappa shape index (κ1) is 15.4. The molecule has 1 aliphatic rings. The summed E-state index contributed by atoms with van der Waals surface area (Å²) >= 11 is 0. The molecule has 1 N–H and O–H groups in total. The zero-order valence-corrected chi connectivity index (χ0v) is 14.1. The van der Waals surface area contributed by atoms with Gasteiger partial charge in [0.2, 0.25) is 0 Å². The second kappa shape index (κ2) is 6.08. The lowest BCUT2D eigenvalue weighted by molar-refractivity contribution is 0.0684. The molecule has 0 aromatic carbocycles. The van der Waals surface area contributed by atoms with Crippen molar-refractivity contribution in [3.8, 4) is 0 Å². The highest BCUT2D eigenvalue weighted by Crippen LogP contribution is 2.33. The number of carbonyl (C=O) groups excluding carboxylic acids is 1. The Hall–Kier alpha value is -3.09. The minimum Gasteiger partial charge on any atom is -0.348 e. The van der Waals surface area contributed by atoms with Crippen LogP contribution >= 0.6 is 0 Å². The largest absolute Gasteiger partial charge is 0.348 e. The second-order valence-electron chi connectivity index (χ2n) is 6.14. The Bertz CT molecular complexity index is 900. The van der Waals surface area contributed by atoms with Crippen molar-refractivity contribution in [3.05, 3.63) is 71.1 Å². The topological polar surface area (TPSA) is 87.7 Å². The molecule has 1 amide bonds. The van der Waals surface area contributed by atoms with E-state index in [1.165, 1.54) is 0 Å². The fraction of sp³-hybridized carbons (Fsp3) is 0.278. The standard InChI is InChI=1S/C18H18N6O/c1-11-9-15(23-12(2)22-11)18(25)24-8-5-14-16(21-10-20-14)17(24)13-3-6-19-7-4-13/h3-4,6-7,9-10,17H,5,8H2,1-2H3,(H,20,21)/t17-/m1/s1. The van der Waals surface area contributed by atoms with Crippen LogP contribution in [0.25, 0.3) is 0 Å². The first-order valence-corrected chi connectivity index (χ1v) is 8.19. The number of aromatic nitrogens is 5. The van der Waals surface area contributed by atoms with E-state index in [2.05, 4.69) is 24.9 Å². The van der Waals surface area contributed by atoms with Gasteiger partial charge < -0.3 is 9.88 Å². The van der Waals surface area contributed by atoms with Crippen molar-refractivity contribution in [1.29, 1.82) is 0 Å². The van der Waals surface area contributed by atoms with E-state index < -0.39 is 0 Å². The maximum Gasteiger partial charge on any atom is 0.273 e. The summed E-state index contributed by atoms with van der Waals surface area (Å²) in [5.74, 6) is 0.491. The van der Waals surface area contributed by atoms with Crippen molar-refractivity contribution >= 4 is 5.91 Å². The molecule has 0 saturated heterocycles. The molecule has 126 valence electrons. The number of H-pyrrole nitrogens is 1. The molecule has 0 saturated carbocycles. The summed E-state index contributed by atoms with van der Waals surface area (Å²) in [4.78, 5) is 35.4. The smallest absolute Gasteiger partial charge is 0.273 e. The number of hydrogen-bond donors (Lipinski definition) is 1. The average molecular weight is 334 g/mol. The van der Waals surface area contributed by atoms with Gasteiger partial charge in [0.1, 0.15) is 17.6 Å². The second-order valence-corrected chi connectivity index (χ2v) is 6.14. The van der Waals surface area contributed by atoms with Gasteiger partial charge in [0, 0.05) is 36.7 Å². The predicted octanol–water partition coefficient (Wildman–Crippen LogP) is 2.00. The average Bonchev–Trinajstić information content (AvgIpc) is 3.09. The molecule has 0 aliphatic carbocycles. The lowest BCUT2D eigenvalue weighted by atomic mass is 9.96. The molecule has 7 heteroatoms. The number of aryl methyl sites for hydroxylation is 2. The van der Waals surface area contributed by atoms with Crippen LogP contribution in [0.15, 0.2) is 36.9 Å². The van der Waals surface area contributed by atoms with E-state index in [0.717, 1.165) is 29.1 Å². The van der Waals surface area contributed by atoms with E-state index in [4.69, 9.17) is 0 Å². The fourth-order valence-corrected chi connectivity index (χ4v) is 3.35. The Morgan fingerprint density at radius 3 is 2.80 bits per heavy atom. The van der Waals surface area contributed by atoms with E-state index in [1.807, 2.05) is 24.0 Å². The van der Waals surface area contributed by atoms with Gasteiger partial charge in [-0.05, 0) is 37.6 Å². The third-order valence-electron chi connectivity index (χ3n) is 4.39. The molecule has 0 spiro atoms. The van der Waals surface area contributed by atoms with Gasteiger partial charge in [-0.2, -0.15) is 0 Å². The predicted molar refractivity (Wildman–Crippen MR) is 90.9 cm³/mol. The molecule has 1 aliphatic heterocycles. The molecule has 0 unspecified atom stereocenters. The Morgan fingerprint density at radius 2 is 2.04 bits per heavy atom. The molecule has 3 aromatic rings. The first-order valence-electron chi connectivity index (χ1n) is 8.19. The van der Waals surface area contributed by atoms with E-state index in [-0.39, 0.29) is 11.9 Å². The Balaban J connectivity index is 1.78. The molecule has 0 radical (unpaired) electrons. The molecule has 0 bridgehead atoms. The van der Waals surface area contributed by atoms with Crippen LogP contribution in [0, 0.1) is 13.8 Å². The van der Waals surface area contributed by atoms with Crippen LogP contribution in [0.1, 0.15) is 45.0 Å². The lowest BCUT2D eigenvalue weighted by Crippen LogP contribution is -2.41. The Morgan fingerprint density at radius 1 is 1.24 bits per heavy atom. The van der Waals surface area contributed by atoms with Crippen LogP contribution < -0.4 is 0 Å². The minimum atomic E-state index is -0.249. The van der Waals surface area contributed by atoms with Crippen molar-refractivity contribution in [3.63, 3.8) is 0 Å². The highest BCUT2D eigenvalue weighted by atomic mass is 16.2. The van der Waals surface area contributed by atoms with Gasteiger partial charge in [0.15, 0.2) is 0 Å². The summed E-state index contributed by atoms with van der Waals surface area (Å²) < 4.78 is 0. The molecule has 0 fully saturated rings. The van der Waals surface area contributed by atoms with E-state index >= 15 is 0 Å². The zero-order valence-electron chi connectivity index (χ0n) is 14.1. The molecule has 25 heavy (non-hydrogen) atoms. The molecular formula is C18H18N6O. The zero-order chi connectivity index (χ0) is 17.4. The van der Waals surface area contributed by atoms with Crippen molar-refractivity contribution in [2.75, 3.05) is 6.54 Å². The van der Waals surface area contributed by atoms with Crippen LogP contribution in [0.5, 0.6) is 0 Å². The summed E-state index contributed by atoms with van der Waals surface area (Å²) in [6.07, 6.45) is 5.90. The minimum absolute atomic E-state index is 0.107. The monoisotopic (exact) mass is 334 g/mol. The highest BCUT2D eigenvalue weighted by molar-refractivity contribution is 5.93. The SMILES string of the molecule is Cc1cc(C(=O)N2CCc3[nH]cnc3[C@H]2c2ccncc2)nc(C)n1. The normalized spacial score (nSPS) is 16.6. The van der Waals surface area contributed by atoms with E-state index in [0.29, 0.717) is 18.1 Å². The van der Waals surface area contributed by atoms with Crippen LogP contribution in [-0.2, 0) is 6.42 Å². The van der Waals surface area contributed by atoms with Crippen LogP contribution in [0.4, 0.5) is 0 Å². The number of nitrogens with zero attached hydrogens (tertiary/aromatic N) is 5. The summed E-state index contributed by atoms with van der Waals surface area (Å²) in [7, 11) is 0. The van der Waals surface area contributed by atoms with Crippen LogP contribution in [0.3, 0.4) is 0 Å². The van der Waals surface area contributed by atoms with E-state index in [1.54, 1.807) is 31.7 Å². The van der Waals surface area contributed by atoms with Gasteiger partial charge in [-0.3, -0.25) is 9.78 Å². The van der Waals surface area contributed by atoms with Gasteiger partial charge in [0.25, 0.3) is 5.91 Å². The number of fused-ring (bicyclic) bond motifs is 1. The number of rotatable bonds is 2. The number of amides is 1. The molecule has 7 nitrogen and oxygen atoms in total. The van der Waals surface area contributed by atoms with Crippen LogP contribution in [0.2, 0.25) is 0 Å². The van der Waals surface area contributed by atoms with Gasteiger partial charge >= 0.3 is 0 Å². The van der Waals surface area contributed by atoms with Gasteiger partial charge in [-0.15, -0.1) is 0 Å². The summed E-state index contributed by atoms with van der Waals surface area (Å²) in [6, 6.07) is 5.33. The Labute approximate surface area is 145 Å².